The minimum absolute atomic E-state index is 0.0471. The zero-order valence-electron chi connectivity index (χ0n) is 19.9. The van der Waals surface area contributed by atoms with Crippen molar-refractivity contribution in [3.63, 3.8) is 0 Å². The zero-order valence-corrected chi connectivity index (χ0v) is 19.9. The van der Waals surface area contributed by atoms with Gasteiger partial charge in [-0.05, 0) is 89.9 Å². The molecule has 3 saturated heterocycles. The summed E-state index contributed by atoms with van der Waals surface area (Å²) in [5.41, 5.74) is 0. The average molecular weight is 449 g/mol. The van der Waals surface area contributed by atoms with Crippen molar-refractivity contribution in [1.29, 1.82) is 0 Å². The van der Waals surface area contributed by atoms with Crippen LogP contribution >= 0.6 is 0 Å². The van der Waals surface area contributed by atoms with E-state index in [9.17, 15) is 9.59 Å². The van der Waals surface area contributed by atoms with Gasteiger partial charge in [-0.15, -0.1) is 0 Å². The number of hydrogen-bond donors (Lipinski definition) is 1. The van der Waals surface area contributed by atoms with Crippen LogP contribution in [0.15, 0.2) is 0 Å². The van der Waals surface area contributed by atoms with Crippen LogP contribution in [0.5, 0.6) is 0 Å². The van der Waals surface area contributed by atoms with E-state index in [1.807, 2.05) is 0 Å². The van der Waals surface area contributed by atoms with Crippen LogP contribution in [0.3, 0.4) is 0 Å². The molecule has 182 valence electrons. The molecule has 3 heterocycles. The quantitative estimate of drug-likeness (QED) is 0.603. The number of esters is 1. The van der Waals surface area contributed by atoms with Crippen molar-refractivity contribution in [2.24, 2.45) is 5.92 Å². The van der Waals surface area contributed by atoms with Gasteiger partial charge in [0.25, 0.3) is 0 Å². The van der Waals surface area contributed by atoms with Crippen molar-refractivity contribution in [3.8, 4) is 0 Å². The van der Waals surface area contributed by atoms with Crippen LogP contribution < -0.4 is 5.32 Å². The maximum Gasteiger partial charge on any atom is 0.320 e. The number of rotatable bonds is 7. The van der Waals surface area contributed by atoms with E-state index in [1.165, 1.54) is 32.1 Å². The second-order valence-corrected chi connectivity index (χ2v) is 10.4. The van der Waals surface area contributed by atoms with Crippen molar-refractivity contribution in [1.82, 2.24) is 20.0 Å². The third-order valence-corrected chi connectivity index (χ3v) is 8.17. The van der Waals surface area contributed by atoms with Gasteiger partial charge in [0.15, 0.2) is 0 Å². The van der Waals surface area contributed by atoms with Crippen LogP contribution in [-0.4, -0.2) is 97.6 Å². The minimum Gasteiger partial charge on any atom is -0.461 e. The van der Waals surface area contributed by atoms with E-state index in [0.717, 1.165) is 84.5 Å². The van der Waals surface area contributed by atoms with Gasteiger partial charge in [0.05, 0.1) is 6.54 Å². The molecule has 1 amide bonds. The predicted molar refractivity (Wildman–Crippen MR) is 125 cm³/mol. The van der Waals surface area contributed by atoms with Crippen molar-refractivity contribution >= 4 is 11.9 Å². The van der Waals surface area contributed by atoms with Crippen LogP contribution in [0, 0.1) is 5.92 Å². The van der Waals surface area contributed by atoms with E-state index < -0.39 is 0 Å². The number of piperidine rings is 2. The van der Waals surface area contributed by atoms with Crippen LogP contribution in [0.1, 0.15) is 70.6 Å². The normalized spacial score (nSPS) is 25.7. The number of amides is 1. The summed E-state index contributed by atoms with van der Waals surface area (Å²) in [5.74, 6) is 0.906. The highest BCUT2D eigenvalue weighted by atomic mass is 16.5. The molecular weight excluding hydrogens is 404 g/mol. The molecule has 0 aromatic heterocycles. The lowest BCUT2D eigenvalue weighted by molar-refractivity contribution is -0.152. The standard InChI is InChI=1S/C25H44N4O3/c30-24(29-18-16-28(17-19-29)22-8-12-26-13-9-22)7-6-21-10-14-27(15-11-21)20-25(31)32-23-4-2-1-3-5-23/h21-23,26H,1-20H2. The summed E-state index contributed by atoms with van der Waals surface area (Å²) in [5, 5.41) is 3.44. The summed E-state index contributed by atoms with van der Waals surface area (Å²) in [7, 11) is 0. The summed E-state index contributed by atoms with van der Waals surface area (Å²) in [6, 6.07) is 0.707. The lowest BCUT2D eigenvalue weighted by Gasteiger charge is -2.41. The monoisotopic (exact) mass is 448 g/mol. The number of piperazine rings is 1. The van der Waals surface area contributed by atoms with Crippen molar-refractivity contribution in [2.45, 2.75) is 82.8 Å². The smallest absolute Gasteiger partial charge is 0.320 e. The molecule has 1 saturated carbocycles. The lowest BCUT2D eigenvalue weighted by atomic mass is 9.92. The number of carbonyl (C=O) groups excluding carboxylic acids is 2. The second-order valence-electron chi connectivity index (χ2n) is 10.4. The molecule has 0 unspecified atom stereocenters. The average Bonchev–Trinajstić information content (AvgIpc) is 2.84. The van der Waals surface area contributed by atoms with E-state index in [1.54, 1.807) is 0 Å². The van der Waals surface area contributed by atoms with Crippen LogP contribution in [0.25, 0.3) is 0 Å². The Kier molecular flexibility index (Phi) is 9.23. The molecule has 0 radical (unpaired) electrons. The molecule has 0 aromatic carbocycles. The molecule has 7 heteroatoms. The third kappa shape index (κ3) is 7.16. The molecule has 1 N–H and O–H groups in total. The Hall–Kier alpha value is -1.18. The van der Waals surface area contributed by atoms with E-state index >= 15 is 0 Å². The molecule has 4 aliphatic rings. The van der Waals surface area contributed by atoms with E-state index in [0.29, 0.717) is 30.8 Å². The first kappa shape index (κ1) is 24.0. The fourth-order valence-corrected chi connectivity index (χ4v) is 6.02. The van der Waals surface area contributed by atoms with Crippen molar-refractivity contribution < 1.29 is 14.3 Å². The molecule has 7 nitrogen and oxygen atoms in total. The van der Waals surface area contributed by atoms with Crippen LogP contribution in [-0.2, 0) is 14.3 Å². The Morgan fingerprint density at radius 1 is 0.812 bits per heavy atom. The molecular formula is C25H44N4O3. The summed E-state index contributed by atoms with van der Waals surface area (Å²) < 4.78 is 5.68. The van der Waals surface area contributed by atoms with E-state index in [2.05, 4.69) is 20.0 Å². The summed E-state index contributed by atoms with van der Waals surface area (Å²) in [4.78, 5) is 31.9. The first-order valence-electron chi connectivity index (χ1n) is 13.3. The largest absolute Gasteiger partial charge is 0.461 e. The van der Waals surface area contributed by atoms with E-state index in [4.69, 9.17) is 4.74 Å². The molecule has 0 aromatic rings. The highest BCUT2D eigenvalue weighted by molar-refractivity contribution is 5.76. The Morgan fingerprint density at radius 2 is 1.50 bits per heavy atom. The number of nitrogens with one attached hydrogen (secondary N) is 1. The molecule has 32 heavy (non-hydrogen) atoms. The first-order valence-corrected chi connectivity index (χ1v) is 13.3. The number of nitrogens with zero attached hydrogens (tertiary/aromatic N) is 3. The Bertz CT molecular complexity index is 588. The minimum atomic E-state index is -0.0471. The van der Waals surface area contributed by atoms with Crippen LogP contribution in [0.2, 0.25) is 0 Å². The fourth-order valence-electron chi connectivity index (χ4n) is 6.02. The van der Waals surface area contributed by atoms with Crippen molar-refractivity contribution in [2.75, 3.05) is 58.9 Å². The highest BCUT2D eigenvalue weighted by Crippen LogP contribution is 2.24. The lowest BCUT2D eigenvalue weighted by Crippen LogP contribution is -2.54. The number of carbonyl (C=O) groups is 2. The maximum absolute atomic E-state index is 12.7. The van der Waals surface area contributed by atoms with Gasteiger partial charge in [-0.25, -0.2) is 0 Å². The summed E-state index contributed by atoms with van der Waals surface area (Å²) in [6.07, 6.45) is 12.2. The molecule has 3 aliphatic heterocycles. The molecule has 1 aliphatic carbocycles. The molecule has 0 bridgehead atoms. The SMILES string of the molecule is O=C(CN1CCC(CCC(=O)N2CCN(C3CCNCC3)CC2)CC1)OC1CCCCC1. The van der Waals surface area contributed by atoms with Gasteiger partial charge in [0.2, 0.25) is 5.91 Å². The molecule has 0 spiro atoms. The van der Waals surface area contributed by atoms with Gasteiger partial charge < -0.3 is 15.0 Å². The number of likely N-dealkylation sites (tertiary alicyclic amines) is 1. The van der Waals surface area contributed by atoms with Gasteiger partial charge in [-0.2, -0.15) is 0 Å². The molecule has 0 atom stereocenters. The molecule has 4 rings (SSSR count). The highest BCUT2D eigenvalue weighted by Gasteiger charge is 2.28. The fraction of sp³-hybridized carbons (Fsp3) is 0.920. The Morgan fingerprint density at radius 3 is 2.19 bits per heavy atom. The number of ether oxygens (including phenoxy) is 1. The Labute approximate surface area is 194 Å². The summed E-state index contributed by atoms with van der Waals surface area (Å²) >= 11 is 0. The van der Waals surface area contributed by atoms with Crippen LogP contribution in [0.4, 0.5) is 0 Å². The summed E-state index contributed by atoms with van der Waals surface area (Å²) in [6.45, 7) is 8.45. The maximum atomic E-state index is 12.7. The first-order chi connectivity index (χ1) is 15.7. The van der Waals surface area contributed by atoms with Gasteiger partial charge in [0.1, 0.15) is 6.10 Å². The zero-order chi connectivity index (χ0) is 22.2. The topological polar surface area (TPSA) is 65.1 Å². The van der Waals surface area contributed by atoms with E-state index in [-0.39, 0.29) is 12.1 Å². The number of hydrogen-bond acceptors (Lipinski definition) is 6. The van der Waals surface area contributed by atoms with Crippen molar-refractivity contribution in [3.05, 3.63) is 0 Å². The Balaban J connectivity index is 1.07. The third-order valence-electron chi connectivity index (χ3n) is 8.17. The van der Waals surface area contributed by atoms with Gasteiger partial charge in [-0.3, -0.25) is 19.4 Å². The molecule has 4 fully saturated rings. The van der Waals surface area contributed by atoms with Gasteiger partial charge in [0, 0.05) is 38.6 Å². The predicted octanol–water partition coefficient (Wildman–Crippen LogP) is 2.25. The van der Waals surface area contributed by atoms with Gasteiger partial charge in [-0.1, -0.05) is 6.42 Å². The second kappa shape index (κ2) is 12.3. The van der Waals surface area contributed by atoms with Gasteiger partial charge >= 0.3 is 5.97 Å².